The second-order valence-corrected chi connectivity index (χ2v) is 13.5. The van der Waals surface area contributed by atoms with Crippen molar-refractivity contribution in [2.75, 3.05) is 26.4 Å². The summed E-state index contributed by atoms with van der Waals surface area (Å²) in [6, 6.07) is -1.37. The molecule has 1 aromatic carbocycles. The van der Waals surface area contributed by atoms with Gasteiger partial charge >= 0.3 is 13.7 Å². The zero-order valence-corrected chi connectivity index (χ0v) is 28.3. The zero-order valence-electron chi connectivity index (χ0n) is 27.4. The average molecular weight is 674 g/mol. The Labute approximate surface area is 265 Å². The highest BCUT2D eigenvalue weighted by Gasteiger charge is 2.37. The standard InChI is InChI=1S/C32H53F5NO6P/c1-5-6-7-8-9-10-11-12-13-14-15-16-17-18-20-41-21-19-22-43-45(40,38-25(4)32(39)42-23-24(2)3)44-31-29(36)27(34)26(33)28(35)30(31)37/h24-25H,5-23H2,1-4H3,(H,38,40)/t25-,45?/m0/s1. The van der Waals surface area contributed by atoms with Crippen molar-refractivity contribution in [2.24, 2.45) is 5.92 Å². The molecule has 0 bridgehead atoms. The Morgan fingerprint density at radius 3 is 1.60 bits per heavy atom. The van der Waals surface area contributed by atoms with E-state index in [-0.39, 0.29) is 32.2 Å². The van der Waals surface area contributed by atoms with Gasteiger partial charge in [-0.25, -0.2) is 17.7 Å². The monoisotopic (exact) mass is 673 g/mol. The summed E-state index contributed by atoms with van der Waals surface area (Å²) in [5, 5.41) is 2.16. The van der Waals surface area contributed by atoms with Crippen LogP contribution >= 0.6 is 7.75 Å². The number of ether oxygens (including phenoxy) is 2. The lowest BCUT2D eigenvalue weighted by atomic mass is 10.0. The van der Waals surface area contributed by atoms with Gasteiger partial charge in [-0.15, -0.1) is 0 Å². The first-order valence-corrected chi connectivity index (χ1v) is 18.0. The molecule has 0 aliphatic carbocycles. The molecule has 1 unspecified atom stereocenters. The van der Waals surface area contributed by atoms with Crippen LogP contribution in [0.1, 0.15) is 124 Å². The molecule has 1 aromatic rings. The number of unbranched alkanes of at least 4 members (excludes halogenated alkanes) is 13. The van der Waals surface area contributed by atoms with Gasteiger partial charge in [-0.2, -0.15) is 13.9 Å². The minimum absolute atomic E-state index is 0.0154. The van der Waals surface area contributed by atoms with Gasteiger partial charge in [-0.1, -0.05) is 104 Å². The zero-order chi connectivity index (χ0) is 33.7. The Hall–Kier alpha value is -1.75. The van der Waals surface area contributed by atoms with E-state index in [0.29, 0.717) is 6.61 Å². The molecule has 0 saturated heterocycles. The molecule has 0 aromatic heterocycles. The largest absolute Gasteiger partial charge is 0.464 e. The van der Waals surface area contributed by atoms with Crippen LogP contribution in [-0.2, 0) is 23.4 Å². The number of esters is 1. The Kier molecular flexibility index (Phi) is 21.6. The number of carbonyl (C=O) groups is 1. The Balaban J connectivity index is 2.43. The topological polar surface area (TPSA) is 83.1 Å². The molecule has 7 nitrogen and oxygen atoms in total. The third-order valence-corrected chi connectivity index (χ3v) is 8.63. The number of hydrogen-bond donors (Lipinski definition) is 1. The van der Waals surface area contributed by atoms with E-state index in [1.807, 2.05) is 0 Å². The second-order valence-electron chi connectivity index (χ2n) is 11.8. The molecule has 1 N–H and O–H groups in total. The van der Waals surface area contributed by atoms with Crippen molar-refractivity contribution >= 4 is 13.7 Å². The van der Waals surface area contributed by atoms with E-state index in [2.05, 4.69) is 12.0 Å². The van der Waals surface area contributed by atoms with Crippen molar-refractivity contribution in [1.29, 1.82) is 0 Å². The van der Waals surface area contributed by atoms with Gasteiger partial charge in [0.05, 0.1) is 13.2 Å². The van der Waals surface area contributed by atoms with Crippen molar-refractivity contribution < 1.29 is 49.8 Å². The molecule has 0 radical (unpaired) electrons. The van der Waals surface area contributed by atoms with Crippen LogP contribution in [0, 0.1) is 35.0 Å². The first kappa shape index (κ1) is 41.3. The third kappa shape index (κ3) is 17.1. The maximum atomic E-state index is 14.2. The highest BCUT2D eigenvalue weighted by atomic mass is 31.2. The first-order valence-electron chi connectivity index (χ1n) is 16.4. The maximum Gasteiger partial charge on any atom is 0.459 e. The van der Waals surface area contributed by atoms with E-state index < -0.39 is 54.6 Å². The minimum atomic E-state index is -4.84. The summed E-state index contributed by atoms with van der Waals surface area (Å²) >= 11 is 0. The summed E-state index contributed by atoms with van der Waals surface area (Å²) in [6.45, 7) is 7.44. The van der Waals surface area contributed by atoms with Gasteiger partial charge in [0.25, 0.3) is 0 Å². The van der Waals surface area contributed by atoms with Gasteiger partial charge < -0.3 is 14.0 Å². The van der Waals surface area contributed by atoms with E-state index >= 15 is 0 Å². The molecule has 45 heavy (non-hydrogen) atoms. The molecule has 0 spiro atoms. The number of nitrogens with one attached hydrogen (secondary N) is 1. The normalized spacial score (nSPS) is 13.6. The second kappa shape index (κ2) is 23.6. The third-order valence-electron chi connectivity index (χ3n) is 6.98. The number of carbonyl (C=O) groups excluding carboxylic acids is 1. The van der Waals surface area contributed by atoms with E-state index in [9.17, 15) is 31.3 Å². The molecule has 0 saturated carbocycles. The molecular weight excluding hydrogens is 620 g/mol. The fraction of sp³-hybridized carbons (Fsp3) is 0.781. The van der Waals surface area contributed by atoms with E-state index in [1.165, 1.54) is 77.6 Å². The summed E-state index contributed by atoms with van der Waals surface area (Å²) < 4.78 is 103. The first-order chi connectivity index (χ1) is 21.4. The van der Waals surface area contributed by atoms with Crippen LogP contribution in [0.25, 0.3) is 0 Å². The van der Waals surface area contributed by atoms with E-state index in [4.69, 9.17) is 18.5 Å². The molecular formula is C32H53F5NO6P. The highest BCUT2D eigenvalue weighted by Crippen LogP contribution is 2.47. The van der Waals surface area contributed by atoms with Crippen molar-refractivity contribution in [3.63, 3.8) is 0 Å². The average Bonchev–Trinajstić information content (AvgIpc) is 3.01. The van der Waals surface area contributed by atoms with Gasteiger partial charge in [0.15, 0.2) is 0 Å². The van der Waals surface area contributed by atoms with Crippen molar-refractivity contribution in [2.45, 2.75) is 130 Å². The van der Waals surface area contributed by atoms with Crippen molar-refractivity contribution in [3.05, 3.63) is 29.1 Å². The summed E-state index contributed by atoms with van der Waals surface area (Å²) in [6.07, 6.45) is 17.6. The van der Waals surface area contributed by atoms with Crippen LogP contribution < -0.4 is 9.61 Å². The Morgan fingerprint density at radius 1 is 0.667 bits per heavy atom. The molecule has 262 valence electrons. The number of benzene rings is 1. The summed E-state index contributed by atoms with van der Waals surface area (Å²) in [4.78, 5) is 12.3. The minimum Gasteiger partial charge on any atom is -0.464 e. The quantitative estimate of drug-likeness (QED) is 0.0249. The Morgan fingerprint density at radius 2 is 1.11 bits per heavy atom. The lowest BCUT2D eigenvalue weighted by molar-refractivity contribution is -0.146. The lowest BCUT2D eigenvalue weighted by Crippen LogP contribution is -2.36. The maximum absolute atomic E-state index is 14.2. The van der Waals surface area contributed by atoms with Crippen molar-refractivity contribution in [3.8, 4) is 5.75 Å². The fourth-order valence-electron chi connectivity index (χ4n) is 4.39. The molecule has 0 heterocycles. The van der Waals surface area contributed by atoms with Crippen LogP contribution in [0.5, 0.6) is 5.75 Å². The van der Waals surface area contributed by atoms with Crippen LogP contribution in [0.4, 0.5) is 22.0 Å². The molecule has 2 atom stereocenters. The Bertz CT molecular complexity index is 1000. The molecule has 1 rings (SSSR count). The predicted molar refractivity (Wildman–Crippen MR) is 165 cm³/mol. The smallest absolute Gasteiger partial charge is 0.459 e. The van der Waals surface area contributed by atoms with E-state index in [0.717, 1.165) is 19.3 Å². The number of hydrogen-bond acceptors (Lipinski definition) is 6. The van der Waals surface area contributed by atoms with Crippen LogP contribution in [-0.4, -0.2) is 38.4 Å². The molecule has 0 aliphatic rings. The van der Waals surface area contributed by atoms with Gasteiger partial charge in [0, 0.05) is 13.2 Å². The van der Waals surface area contributed by atoms with Gasteiger partial charge in [-0.3, -0.25) is 9.32 Å². The number of halogens is 5. The van der Waals surface area contributed by atoms with Gasteiger partial charge in [0.1, 0.15) is 6.04 Å². The van der Waals surface area contributed by atoms with Crippen LogP contribution in [0.15, 0.2) is 0 Å². The summed E-state index contributed by atoms with van der Waals surface area (Å²) in [7, 11) is -4.84. The molecule has 13 heteroatoms. The van der Waals surface area contributed by atoms with Gasteiger partial charge in [0.2, 0.25) is 34.8 Å². The molecule has 0 amide bonds. The summed E-state index contributed by atoms with van der Waals surface area (Å²) in [5.74, 6) is -14.3. The highest BCUT2D eigenvalue weighted by molar-refractivity contribution is 7.52. The predicted octanol–water partition coefficient (Wildman–Crippen LogP) is 9.95. The van der Waals surface area contributed by atoms with Gasteiger partial charge in [-0.05, 0) is 25.7 Å². The van der Waals surface area contributed by atoms with Crippen LogP contribution in [0.2, 0.25) is 0 Å². The SMILES string of the molecule is CCCCCCCCCCCCCCCCOCCCOP(=O)(N[C@@H](C)C(=O)OCC(C)C)Oc1c(F)c(F)c(F)c(F)c1F. The fourth-order valence-corrected chi connectivity index (χ4v) is 5.91. The molecule has 0 fully saturated rings. The summed E-state index contributed by atoms with van der Waals surface area (Å²) in [5.41, 5.74) is 0. The van der Waals surface area contributed by atoms with Crippen LogP contribution in [0.3, 0.4) is 0 Å². The molecule has 0 aliphatic heterocycles. The number of rotatable bonds is 27. The van der Waals surface area contributed by atoms with E-state index in [1.54, 1.807) is 13.8 Å². The van der Waals surface area contributed by atoms with Crippen molar-refractivity contribution in [1.82, 2.24) is 5.09 Å². The lowest BCUT2D eigenvalue weighted by Gasteiger charge is -2.23.